The number of carbonyl (C=O) groups excluding carboxylic acids is 1. The Hall–Kier alpha value is -4.54. The van der Waals surface area contributed by atoms with Gasteiger partial charge in [-0.15, -0.1) is 13.2 Å². The zero-order chi connectivity index (χ0) is 33.8. The monoisotopic (exact) mass is 636 g/mol. The van der Waals surface area contributed by atoms with Gasteiger partial charge in [-0.1, -0.05) is 16.4 Å². The number of aromatic nitrogens is 3. The topological polar surface area (TPSA) is 95.3 Å². The molecule has 0 radical (unpaired) electrons. The van der Waals surface area contributed by atoms with Crippen LogP contribution in [0.25, 0.3) is 22.2 Å². The van der Waals surface area contributed by atoms with Crippen molar-refractivity contribution in [3.05, 3.63) is 87.6 Å². The molecule has 0 spiro atoms. The Morgan fingerprint density at radius 2 is 1.43 bits per heavy atom. The van der Waals surface area contributed by atoms with Crippen molar-refractivity contribution in [2.24, 2.45) is 0 Å². The van der Waals surface area contributed by atoms with Crippen molar-refractivity contribution in [2.75, 3.05) is 0 Å². The van der Waals surface area contributed by atoms with Crippen LogP contribution in [0.2, 0.25) is 0 Å². The van der Waals surface area contributed by atoms with Crippen LogP contribution in [0.5, 0.6) is 5.75 Å². The molecule has 5 aromatic rings. The van der Waals surface area contributed by atoms with E-state index in [1.54, 1.807) is 12.1 Å². The maximum Gasteiger partial charge on any atom is 0.573 e. The third kappa shape index (κ3) is 6.54. The van der Waals surface area contributed by atoms with Gasteiger partial charge < -0.3 is 23.7 Å². The molecule has 0 bridgehead atoms. The van der Waals surface area contributed by atoms with Gasteiger partial charge in [-0.2, -0.15) is 0 Å². The number of carbonyl (C=O) groups is 1. The summed E-state index contributed by atoms with van der Waals surface area (Å²) >= 11 is 0. The van der Waals surface area contributed by atoms with Crippen LogP contribution >= 0.6 is 0 Å². The Labute approximate surface area is 265 Å². The zero-order valence-corrected chi connectivity index (χ0v) is 27.6. The van der Waals surface area contributed by atoms with E-state index in [9.17, 15) is 18.0 Å². The number of amides is 1. The predicted molar refractivity (Wildman–Crippen MR) is 169 cm³/mol. The average Bonchev–Trinajstić information content (AvgIpc) is 3.56. The van der Waals surface area contributed by atoms with Gasteiger partial charge in [0.1, 0.15) is 17.3 Å². The molecule has 0 atom stereocenters. The largest absolute Gasteiger partial charge is 0.573 e. The predicted octanol–water partition coefficient (Wildman–Crippen LogP) is 8.25. The number of hydrogen-bond donors (Lipinski definition) is 1. The minimum atomic E-state index is -4.81. The highest BCUT2D eigenvalue weighted by Gasteiger charge is 2.34. The Kier molecular flexibility index (Phi) is 8.33. The van der Waals surface area contributed by atoms with Crippen molar-refractivity contribution < 1.29 is 31.7 Å². The van der Waals surface area contributed by atoms with Gasteiger partial charge in [-0.05, 0) is 115 Å². The lowest BCUT2D eigenvalue weighted by Gasteiger charge is -2.30. The van der Waals surface area contributed by atoms with E-state index >= 15 is 0 Å². The molecule has 0 aliphatic heterocycles. The number of alkyl halides is 3. The van der Waals surface area contributed by atoms with E-state index in [0.29, 0.717) is 30.0 Å². The second kappa shape index (κ2) is 11.7. The first-order valence-electron chi connectivity index (χ1n) is 15.0. The Balaban J connectivity index is 1.79. The molecule has 5 rings (SSSR count). The molecule has 0 saturated heterocycles. The Bertz CT molecular complexity index is 1870. The van der Waals surface area contributed by atoms with Gasteiger partial charge in [-0.3, -0.25) is 4.79 Å². The Morgan fingerprint density at radius 3 is 1.96 bits per heavy atom. The molecule has 0 unspecified atom stereocenters. The van der Waals surface area contributed by atoms with E-state index < -0.39 is 17.3 Å². The number of rotatable bonds is 8. The molecule has 0 fully saturated rings. The van der Waals surface area contributed by atoms with Crippen LogP contribution in [0.15, 0.2) is 51.5 Å². The fourth-order valence-electron chi connectivity index (χ4n) is 5.75. The first-order chi connectivity index (χ1) is 21.4. The summed E-state index contributed by atoms with van der Waals surface area (Å²) in [5.41, 5.74) is 6.08. The van der Waals surface area contributed by atoms with Gasteiger partial charge >= 0.3 is 6.36 Å². The SMILES string of the molecule is Cc1noc(C)c1Cc1c(-c2ccc(OC(F)(F)F)cc2)n(Cc2c(C)noc2C)c2ccc(C(C)(C)C(=O)NC(C)(C)C)cc12. The third-order valence-electron chi connectivity index (χ3n) is 8.34. The number of aryl methyl sites for hydroxylation is 4. The van der Waals surface area contributed by atoms with Gasteiger partial charge in [0.15, 0.2) is 0 Å². The first-order valence-corrected chi connectivity index (χ1v) is 15.0. The molecule has 1 amide bonds. The van der Waals surface area contributed by atoms with Gasteiger partial charge in [-0.25, -0.2) is 0 Å². The number of fused-ring (bicyclic) bond motifs is 1. The quantitative estimate of drug-likeness (QED) is 0.184. The summed E-state index contributed by atoms with van der Waals surface area (Å²) in [6.45, 7) is 17.5. The van der Waals surface area contributed by atoms with E-state index in [1.165, 1.54) is 12.1 Å². The average molecular weight is 637 g/mol. The fourth-order valence-corrected chi connectivity index (χ4v) is 5.75. The van der Waals surface area contributed by atoms with E-state index in [-0.39, 0.29) is 11.7 Å². The molecular weight excluding hydrogens is 597 g/mol. The van der Waals surface area contributed by atoms with Crippen molar-refractivity contribution in [2.45, 2.75) is 92.6 Å². The molecule has 1 N–H and O–H groups in total. The molecule has 3 aromatic heterocycles. The number of ether oxygens (including phenoxy) is 1. The molecule has 0 aliphatic carbocycles. The van der Waals surface area contributed by atoms with Crippen LogP contribution in [0.1, 0.15) is 79.8 Å². The summed E-state index contributed by atoms with van der Waals surface area (Å²) < 4.78 is 56.3. The van der Waals surface area contributed by atoms with Crippen LogP contribution < -0.4 is 10.1 Å². The summed E-state index contributed by atoms with van der Waals surface area (Å²) in [5, 5.41) is 12.3. The number of nitrogens with zero attached hydrogens (tertiary/aromatic N) is 3. The van der Waals surface area contributed by atoms with Crippen molar-refractivity contribution >= 4 is 16.8 Å². The Morgan fingerprint density at radius 1 is 0.848 bits per heavy atom. The minimum absolute atomic E-state index is 0.109. The van der Waals surface area contributed by atoms with Crippen LogP contribution in [-0.4, -0.2) is 32.7 Å². The summed E-state index contributed by atoms with van der Waals surface area (Å²) in [4.78, 5) is 13.5. The van der Waals surface area contributed by atoms with Crippen LogP contribution in [0, 0.1) is 27.7 Å². The van der Waals surface area contributed by atoms with Gasteiger partial charge in [0.2, 0.25) is 5.91 Å². The highest BCUT2D eigenvalue weighted by atomic mass is 19.4. The third-order valence-corrected chi connectivity index (χ3v) is 8.34. The van der Waals surface area contributed by atoms with Gasteiger partial charge in [0.05, 0.1) is 29.0 Å². The summed E-state index contributed by atoms with van der Waals surface area (Å²) in [6, 6.07) is 11.9. The molecule has 11 heteroatoms. The van der Waals surface area contributed by atoms with Crippen molar-refractivity contribution in [3.8, 4) is 17.0 Å². The highest BCUT2D eigenvalue weighted by molar-refractivity contribution is 5.95. The molecule has 0 aliphatic rings. The summed E-state index contributed by atoms with van der Waals surface area (Å²) in [6.07, 6.45) is -4.38. The van der Waals surface area contributed by atoms with Crippen LogP contribution in [-0.2, 0) is 23.2 Å². The second-order valence-electron chi connectivity index (χ2n) is 13.3. The highest BCUT2D eigenvalue weighted by Crippen LogP contribution is 2.40. The lowest BCUT2D eigenvalue weighted by atomic mass is 9.82. The smallest absolute Gasteiger partial charge is 0.406 e. The molecule has 46 heavy (non-hydrogen) atoms. The van der Waals surface area contributed by atoms with Crippen LogP contribution in [0.3, 0.4) is 0 Å². The van der Waals surface area contributed by atoms with Gasteiger partial charge in [0.25, 0.3) is 0 Å². The summed E-state index contributed by atoms with van der Waals surface area (Å²) in [7, 11) is 0. The van der Waals surface area contributed by atoms with Crippen molar-refractivity contribution in [1.82, 2.24) is 20.2 Å². The van der Waals surface area contributed by atoms with Crippen molar-refractivity contribution in [3.63, 3.8) is 0 Å². The second-order valence-corrected chi connectivity index (χ2v) is 13.3. The maximum atomic E-state index is 13.5. The normalized spacial score (nSPS) is 12.6. The summed E-state index contributed by atoms with van der Waals surface area (Å²) in [5.74, 6) is 0.918. The van der Waals surface area contributed by atoms with E-state index in [1.807, 2.05) is 80.5 Å². The lowest BCUT2D eigenvalue weighted by molar-refractivity contribution is -0.274. The fraction of sp³-hybridized carbons (Fsp3) is 0.400. The number of benzene rings is 2. The standard InChI is InChI=1S/C35H39F3N4O4/c1-19-26(21(3)45-40-19)17-28-27-16-24(34(8,9)32(43)39-33(5,6)7)12-15-30(27)42(18-29-20(2)41-46-22(29)4)31(28)23-10-13-25(14-11-23)44-35(36,37)38/h10-16H,17-18H2,1-9H3,(H,39,43). The molecule has 3 heterocycles. The zero-order valence-electron chi connectivity index (χ0n) is 27.6. The van der Waals surface area contributed by atoms with E-state index in [0.717, 1.165) is 50.2 Å². The minimum Gasteiger partial charge on any atom is -0.406 e. The number of halogens is 3. The lowest BCUT2D eigenvalue weighted by Crippen LogP contribution is -2.48. The van der Waals surface area contributed by atoms with Gasteiger partial charge in [0, 0.05) is 34.0 Å². The molecule has 244 valence electrons. The number of nitrogens with one attached hydrogen (secondary N) is 1. The molecule has 2 aromatic carbocycles. The van der Waals surface area contributed by atoms with E-state index in [2.05, 4.69) is 24.9 Å². The maximum absolute atomic E-state index is 13.5. The van der Waals surface area contributed by atoms with Crippen molar-refractivity contribution in [1.29, 1.82) is 0 Å². The molecular formula is C35H39F3N4O4. The number of hydrogen-bond acceptors (Lipinski definition) is 6. The van der Waals surface area contributed by atoms with Crippen LogP contribution in [0.4, 0.5) is 13.2 Å². The molecule has 8 nitrogen and oxygen atoms in total. The van der Waals surface area contributed by atoms with E-state index in [4.69, 9.17) is 9.05 Å². The first kappa shape index (κ1) is 32.8. The molecule has 0 saturated carbocycles.